The second-order valence-corrected chi connectivity index (χ2v) is 7.76. The summed E-state index contributed by atoms with van der Waals surface area (Å²) in [5.41, 5.74) is 2.23. The van der Waals surface area contributed by atoms with Crippen molar-refractivity contribution in [2.24, 2.45) is 5.41 Å². The number of likely N-dealkylation sites (tertiary alicyclic amines) is 1. The van der Waals surface area contributed by atoms with E-state index in [2.05, 4.69) is 36.3 Å². The van der Waals surface area contributed by atoms with Crippen LogP contribution in [0.25, 0.3) is 0 Å². The van der Waals surface area contributed by atoms with E-state index in [1.165, 1.54) is 5.56 Å². The van der Waals surface area contributed by atoms with Crippen molar-refractivity contribution in [3.63, 3.8) is 0 Å². The number of carbonyl (C=O) groups excluding carboxylic acids is 1. The fraction of sp³-hybridized carbons (Fsp3) is 0.429. The Kier molecular flexibility index (Phi) is 5.16. The maximum Gasteiger partial charge on any atom is 0.318 e. The van der Waals surface area contributed by atoms with Crippen LogP contribution in [-0.4, -0.2) is 28.6 Å². The molecule has 26 heavy (non-hydrogen) atoms. The van der Waals surface area contributed by atoms with Gasteiger partial charge in [0.05, 0.1) is 12.1 Å². The molecular formula is C21H27N3O2. The molecule has 5 nitrogen and oxygen atoms in total. The Bertz CT molecular complexity index is 759. The largest absolute Gasteiger partial charge is 0.475 e. The number of pyridine rings is 1. The SMILES string of the molecule is CC(C)Oc1cc(CNC(=O)N2CC(C)(C)C2c2ccccc2)ccn1. The van der Waals surface area contributed by atoms with E-state index in [9.17, 15) is 4.79 Å². The molecule has 138 valence electrons. The normalized spacial score (nSPS) is 18.3. The first-order valence-electron chi connectivity index (χ1n) is 9.08. The van der Waals surface area contributed by atoms with Gasteiger partial charge in [-0.05, 0) is 31.0 Å². The Morgan fingerprint density at radius 1 is 1.31 bits per heavy atom. The van der Waals surface area contributed by atoms with Crippen LogP contribution in [0, 0.1) is 5.41 Å². The predicted octanol–water partition coefficient (Wildman–Crippen LogP) is 4.16. The number of carbonyl (C=O) groups is 1. The molecule has 0 radical (unpaired) electrons. The highest BCUT2D eigenvalue weighted by Gasteiger charge is 2.48. The summed E-state index contributed by atoms with van der Waals surface area (Å²) in [7, 11) is 0. The van der Waals surface area contributed by atoms with Crippen molar-refractivity contribution in [2.45, 2.75) is 46.4 Å². The lowest BCUT2D eigenvalue weighted by atomic mass is 9.72. The van der Waals surface area contributed by atoms with Crippen molar-refractivity contribution < 1.29 is 9.53 Å². The van der Waals surface area contributed by atoms with Crippen molar-refractivity contribution in [1.82, 2.24) is 15.2 Å². The quantitative estimate of drug-likeness (QED) is 0.878. The van der Waals surface area contributed by atoms with Crippen molar-refractivity contribution in [2.75, 3.05) is 6.54 Å². The number of hydrogen-bond donors (Lipinski definition) is 1. The van der Waals surface area contributed by atoms with Gasteiger partial charge in [0.1, 0.15) is 0 Å². The lowest BCUT2D eigenvalue weighted by molar-refractivity contribution is -0.0165. The van der Waals surface area contributed by atoms with Gasteiger partial charge in [-0.1, -0.05) is 44.2 Å². The molecule has 1 saturated heterocycles. The lowest BCUT2D eigenvalue weighted by Gasteiger charge is -2.54. The van der Waals surface area contributed by atoms with Crippen molar-refractivity contribution >= 4 is 6.03 Å². The molecule has 1 aliphatic rings. The number of urea groups is 1. The van der Waals surface area contributed by atoms with Crippen LogP contribution < -0.4 is 10.1 Å². The van der Waals surface area contributed by atoms with E-state index in [4.69, 9.17) is 4.74 Å². The van der Waals surface area contributed by atoms with Gasteiger partial charge in [-0.25, -0.2) is 9.78 Å². The standard InChI is InChI=1S/C21H27N3O2/c1-15(2)26-18-12-16(10-11-22-18)13-23-20(25)24-14-21(3,4)19(24)17-8-6-5-7-9-17/h5-12,15,19H,13-14H2,1-4H3,(H,23,25). The molecule has 1 aromatic carbocycles. The summed E-state index contributed by atoms with van der Waals surface area (Å²) in [5.74, 6) is 0.582. The molecule has 0 saturated carbocycles. The Morgan fingerprint density at radius 3 is 2.69 bits per heavy atom. The number of hydrogen-bond acceptors (Lipinski definition) is 3. The monoisotopic (exact) mass is 353 g/mol. The van der Waals surface area contributed by atoms with Gasteiger partial charge in [-0.3, -0.25) is 0 Å². The van der Waals surface area contributed by atoms with Gasteiger partial charge in [-0.2, -0.15) is 0 Å². The van der Waals surface area contributed by atoms with E-state index in [1.54, 1.807) is 6.20 Å². The minimum atomic E-state index is -0.0404. The number of nitrogens with zero attached hydrogens (tertiary/aromatic N) is 2. The molecule has 0 aliphatic carbocycles. The zero-order valence-electron chi connectivity index (χ0n) is 15.9. The van der Waals surface area contributed by atoms with Gasteiger partial charge >= 0.3 is 6.03 Å². The molecule has 2 aromatic rings. The van der Waals surface area contributed by atoms with Gasteiger partial charge in [-0.15, -0.1) is 0 Å². The highest BCUT2D eigenvalue weighted by atomic mass is 16.5. The van der Waals surface area contributed by atoms with Crippen LogP contribution in [0.2, 0.25) is 0 Å². The maximum atomic E-state index is 12.7. The van der Waals surface area contributed by atoms with Crippen LogP contribution in [0.3, 0.4) is 0 Å². The molecule has 0 bridgehead atoms. The number of rotatable bonds is 5. The van der Waals surface area contributed by atoms with E-state index >= 15 is 0 Å². The summed E-state index contributed by atoms with van der Waals surface area (Å²) in [5, 5.41) is 3.02. The first-order valence-corrected chi connectivity index (χ1v) is 9.08. The number of amides is 2. The van der Waals surface area contributed by atoms with Gasteiger partial charge in [0.15, 0.2) is 0 Å². The van der Waals surface area contributed by atoms with Crippen LogP contribution in [-0.2, 0) is 6.54 Å². The minimum absolute atomic E-state index is 0.0404. The number of nitrogens with one attached hydrogen (secondary N) is 1. The van der Waals surface area contributed by atoms with Gasteiger partial charge in [0.25, 0.3) is 0 Å². The summed E-state index contributed by atoms with van der Waals surface area (Å²) in [4.78, 5) is 18.8. The number of ether oxygens (including phenoxy) is 1. The molecule has 2 amide bonds. The summed E-state index contributed by atoms with van der Waals surface area (Å²) >= 11 is 0. The fourth-order valence-electron chi connectivity index (χ4n) is 3.53. The van der Waals surface area contributed by atoms with Crippen molar-refractivity contribution in [1.29, 1.82) is 0 Å². The van der Waals surface area contributed by atoms with Crippen molar-refractivity contribution in [3.05, 3.63) is 59.8 Å². The third kappa shape index (κ3) is 3.98. The van der Waals surface area contributed by atoms with E-state index in [0.717, 1.165) is 12.1 Å². The molecule has 5 heteroatoms. The van der Waals surface area contributed by atoms with Crippen LogP contribution in [0.15, 0.2) is 48.7 Å². The average Bonchev–Trinajstić information content (AvgIpc) is 2.58. The van der Waals surface area contributed by atoms with Crippen molar-refractivity contribution in [3.8, 4) is 5.88 Å². The second-order valence-electron chi connectivity index (χ2n) is 7.76. The van der Waals surface area contributed by atoms with Crippen LogP contribution in [0.5, 0.6) is 5.88 Å². The van der Waals surface area contributed by atoms with Crippen LogP contribution >= 0.6 is 0 Å². The molecule has 3 rings (SSSR count). The maximum absolute atomic E-state index is 12.7. The average molecular weight is 353 g/mol. The molecule has 1 atom stereocenters. The first-order chi connectivity index (χ1) is 12.4. The molecule has 2 heterocycles. The zero-order valence-corrected chi connectivity index (χ0v) is 15.9. The lowest BCUT2D eigenvalue weighted by Crippen LogP contribution is -2.60. The fourth-order valence-corrected chi connectivity index (χ4v) is 3.53. The third-order valence-corrected chi connectivity index (χ3v) is 4.61. The van der Waals surface area contributed by atoms with E-state index in [1.807, 2.05) is 49.1 Å². The summed E-state index contributed by atoms with van der Waals surface area (Å²) in [6.45, 7) is 9.53. The first kappa shape index (κ1) is 18.2. The van der Waals surface area contributed by atoms with Crippen LogP contribution in [0.4, 0.5) is 4.79 Å². The van der Waals surface area contributed by atoms with Crippen LogP contribution in [0.1, 0.15) is 44.9 Å². The van der Waals surface area contributed by atoms with Gasteiger partial charge < -0.3 is 15.0 Å². The van der Waals surface area contributed by atoms with E-state index in [-0.39, 0.29) is 23.6 Å². The molecule has 1 unspecified atom stereocenters. The minimum Gasteiger partial charge on any atom is -0.475 e. The molecule has 0 spiro atoms. The highest BCUT2D eigenvalue weighted by molar-refractivity contribution is 5.76. The van der Waals surface area contributed by atoms with Gasteiger partial charge in [0, 0.05) is 30.8 Å². The Hall–Kier alpha value is -2.56. The van der Waals surface area contributed by atoms with E-state index < -0.39 is 0 Å². The van der Waals surface area contributed by atoms with E-state index in [0.29, 0.717) is 12.4 Å². The Labute approximate surface area is 155 Å². The highest BCUT2D eigenvalue weighted by Crippen LogP contribution is 2.48. The zero-order chi connectivity index (χ0) is 18.7. The molecule has 1 aliphatic heterocycles. The molecular weight excluding hydrogens is 326 g/mol. The molecule has 1 N–H and O–H groups in total. The predicted molar refractivity (Wildman–Crippen MR) is 102 cm³/mol. The molecule has 1 fully saturated rings. The second kappa shape index (κ2) is 7.36. The summed E-state index contributed by atoms with van der Waals surface area (Å²) in [6.07, 6.45) is 1.78. The summed E-state index contributed by atoms with van der Waals surface area (Å²) < 4.78 is 5.61. The Morgan fingerprint density at radius 2 is 2.04 bits per heavy atom. The third-order valence-electron chi connectivity index (χ3n) is 4.61. The summed E-state index contributed by atoms with van der Waals surface area (Å²) in [6, 6.07) is 14.0. The number of benzene rings is 1. The topological polar surface area (TPSA) is 54.5 Å². The smallest absolute Gasteiger partial charge is 0.318 e. The molecule has 1 aromatic heterocycles. The van der Waals surface area contributed by atoms with Gasteiger partial charge in [0.2, 0.25) is 5.88 Å². The Balaban J connectivity index is 1.63. The number of aromatic nitrogens is 1.